The van der Waals surface area contributed by atoms with Crippen LogP contribution < -0.4 is 5.32 Å². The van der Waals surface area contributed by atoms with E-state index in [0.29, 0.717) is 6.42 Å². The van der Waals surface area contributed by atoms with Gasteiger partial charge in [0.2, 0.25) is 0 Å². The number of carbonyl (C=O) groups excluding carboxylic acids is 1. The lowest BCUT2D eigenvalue weighted by Gasteiger charge is -2.28. The molecule has 0 aliphatic carbocycles. The molecule has 1 aliphatic rings. The van der Waals surface area contributed by atoms with Crippen LogP contribution in [-0.4, -0.2) is 43.0 Å². The molecular formula is C11H18F2INO4S. The zero-order valence-electron chi connectivity index (χ0n) is 11.5. The van der Waals surface area contributed by atoms with Gasteiger partial charge in [-0.25, -0.2) is 13.6 Å². The third kappa shape index (κ3) is 5.86. The molecule has 1 rings (SSSR count). The highest BCUT2D eigenvalue weighted by molar-refractivity contribution is 14.2. The number of hydrogen-bond donors (Lipinski definition) is 1. The van der Waals surface area contributed by atoms with Gasteiger partial charge >= 0.3 is 6.09 Å². The number of ether oxygens (including phenoxy) is 2. The normalized spacial score (nSPS) is 23.7. The molecule has 9 heteroatoms. The summed E-state index contributed by atoms with van der Waals surface area (Å²) in [5.74, 6) is -3.17. The Morgan fingerprint density at radius 2 is 2.15 bits per heavy atom. The van der Waals surface area contributed by atoms with Gasteiger partial charge in [-0.15, -0.1) is 0 Å². The number of alkyl halides is 2. The molecule has 118 valence electrons. The van der Waals surface area contributed by atoms with Crippen LogP contribution in [0.3, 0.4) is 0 Å². The molecule has 5 nitrogen and oxygen atoms in total. The van der Waals surface area contributed by atoms with Gasteiger partial charge in [-0.3, -0.25) is 4.18 Å². The average molecular weight is 425 g/mol. The smallest absolute Gasteiger partial charge is 0.407 e. The second-order valence-corrected chi connectivity index (χ2v) is 6.86. The van der Waals surface area contributed by atoms with Gasteiger partial charge in [0.1, 0.15) is 18.3 Å². The van der Waals surface area contributed by atoms with Gasteiger partial charge in [-0.05, 0) is 27.2 Å². The highest BCUT2D eigenvalue weighted by atomic mass is 127. The maximum absolute atomic E-state index is 13.9. The van der Waals surface area contributed by atoms with E-state index < -0.39 is 36.4 Å². The lowest BCUT2D eigenvalue weighted by Crippen LogP contribution is -2.51. The fourth-order valence-electron chi connectivity index (χ4n) is 1.80. The maximum atomic E-state index is 13.9. The van der Waals surface area contributed by atoms with Gasteiger partial charge in [0.05, 0.1) is 15.3 Å². The van der Waals surface area contributed by atoms with E-state index in [9.17, 15) is 13.6 Å². The molecule has 2 atom stereocenters. The van der Waals surface area contributed by atoms with Crippen molar-refractivity contribution in [2.24, 2.45) is 0 Å². The number of alkyl carbamates (subject to hydrolysis) is 1. The lowest BCUT2D eigenvalue weighted by molar-refractivity contribution is -0.139. The Labute approximate surface area is 133 Å². The molecule has 0 saturated carbocycles. The van der Waals surface area contributed by atoms with Crippen molar-refractivity contribution in [3.63, 3.8) is 0 Å². The Hall–Kier alpha value is 0.130. The maximum Gasteiger partial charge on any atom is 0.407 e. The van der Waals surface area contributed by atoms with Gasteiger partial charge in [0.15, 0.2) is 0 Å². The summed E-state index contributed by atoms with van der Waals surface area (Å²) >= 11 is 1.76. The molecule has 1 fully saturated rings. The van der Waals surface area contributed by atoms with Crippen LogP contribution in [0.25, 0.3) is 0 Å². The highest BCUT2D eigenvalue weighted by Crippen LogP contribution is 2.31. The monoisotopic (exact) mass is 425 g/mol. The van der Waals surface area contributed by atoms with Gasteiger partial charge in [-0.1, -0.05) is 0 Å². The molecule has 1 N–H and O–H groups in total. The summed E-state index contributed by atoms with van der Waals surface area (Å²) in [4.78, 5) is 11.6. The van der Waals surface area contributed by atoms with Crippen molar-refractivity contribution in [2.75, 3.05) is 13.2 Å². The molecule has 1 unspecified atom stereocenters. The predicted octanol–water partition coefficient (Wildman–Crippen LogP) is 3.32. The summed E-state index contributed by atoms with van der Waals surface area (Å²) in [5, 5.41) is 2.44. The number of hydrogen-bond acceptors (Lipinski definition) is 5. The fraction of sp³-hybridized carbons (Fsp3) is 0.909. The van der Waals surface area contributed by atoms with Crippen molar-refractivity contribution in [3.8, 4) is 0 Å². The van der Waals surface area contributed by atoms with Crippen LogP contribution in [0, 0.1) is 0 Å². The first-order valence-corrected chi connectivity index (χ1v) is 9.33. The van der Waals surface area contributed by atoms with E-state index in [1.807, 2.05) is 0 Å². The summed E-state index contributed by atoms with van der Waals surface area (Å²) in [7, 11) is 0.833. The van der Waals surface area contributed by atoms with E-state index in [-0.39, 0.29) is 6.61 Å². The van der Waals surface area contributed by atoms with Crippen LogP contribution >= 0.6 is 30.4 Å². The molecule has 0 radical (unpaired) electrons. The van der Waals surface area contributed by atoms with Gasteiger partial charge in [0.25, 0.3) is 5.92 Å². The number of nitrogens with one attached hydrogen (secondary N) is 1. The van der Waals surface area contributed by atoms with Crippen LogP contribution in [0.4, 0.5) is 13.6 Å². The minimum absolute atomic E-state index is 0.165. The first kappa shape index (κ1) is 18.2. The van der Waals surface area contributed by atoms with Crippen LogP contribution in [-0.2, 0) is 13.7 Å². The lowest BCUT2D eigenvalue weighted by atomic mass is 10.1. The third-order valence-electron chi connectivity index (χ3n) is 2.51. The first-order chi connectivity index (χ1) is 9.15. The third-order valence-corrected chi connectivity index (χ3v) is 3.48. The van der Waals surface area contributed by atoms with Crippen molar-refractivity contribution in [1.82, 2.24) is 5.32 Å². The number of amides is 1. The Morgan fingerprint density at radius 1 is 1.50 bits per heavy atom. The SMILES string of the molecule is CC(C)(C)OC(=O)N[C@@H]1CCOC1C(F)(F)COSI. The second-order valence-electron chi connectivity index (χ2n) is 5.42. The zero-order chi connectivity index (χ0) is 15.4. The fourth-order valence-corrected chi connectivity index (χ4v) is 2.38. The topological polar surface area (TPSA) is 56.8 Å². The Kier molecular flexibility index (Phi) is 6.74. The molecule has 20 heavy (non-hydrogen) atoms. The minimum Gasteiger partial charge on any atom is -0.444 e. The van der Waals surface area contributed by atoms with Crippen molar-refractivity contribution in [1.29, 1.82) is 0 Å². The van der Waals surface area contributed by atoms with E-state index in [0.717, 1.165) is 9.21 Å². The van der Waals surface area contributed by atoms with Crippen LogP contribution in [0.15, 0.2) is 0 Å². The summed E-state index contributed by atoms with van der Waals surface area (Å²) in [6.07, 6.45) is -1.81. The molecular weight excluding hydrogens is 407 g/mol. The summed E-state index contributed by atoms with van der Waals surface area (Å²) in [6.45, 7) is 4.51. The van der Waals surface area contributed by atoms with Crippen LogP contribution in [0.5, 0.6) is 0 Å². The second kappa shape index (κ2) is 7.41. The largest absolute Gasteiger partial charge is 0.444 e. The van der Waals surface area contributed by atoms with Crippen molar-refractivity contribution in [3.05, 3.63) is 0 Å². The summed E-state index contributed by atoms with van der Waals surface area (Å²) in [6, 6.07) is -0.789. The van der Waals surface area contributed by atoms with E-state index in [2.05, 4.69) is 9.50 Å². The van der Waals surface area contributed by atoms with Gasteiger partial charge in [0, 0.05) is 27.8 Å². The number of rotatable bonds is 5. The van der Waals surface area contributed by atoms with E-state index in [1.54, 1.807) is 42.0 Å². The molecule has 0 aromatic carbocycles. The molecule has 0 spiro atoms. The van der Waals surface area contributed by atoms with E-state index >= 15 is 0 Å². The summed E-state index contributed by atoms with van der Waals surface area (Å²) < 4.78 is 42.6. The Balaban J connectivity index is 2.58. The molecule has 0 bridgehead atoms. The molecule has 0 aromatic heterocycles. The van der Waals surface area contributed by atoms with Gasteiger partial charge in [-0.2, -0.15) is 0 Å². The van der Waals surface area contributed by atoms with Gasteiger partial charge < -0.3 is 14.8 Å². The first-order valence-electron chi connectivity index (χ1n) is 6.05. The Bertz CT molecular complexity index is 341. The molecule has 1 amide bonds. The molecule has 0 aromatic rings. The summed E-state index contributed by atoms with van der Waals surface area (Å²) in [5.41, 5.74) is -0.678. The molecule has 1 heterocycles. The predicted molar refractivity (Wildman–Crippen MR) is 80.0 cm³/mol. The van der Waals surface area contributed by atoms with Crippen LogP contribution in [0.2, 0.25) is 0 Å². The zero-order valence-corrected chi connectivity index (χ0v) is 14.4. The standard InChI is InChI=1S/C11H18F2INO4S/c1-10(2,3)19-9(16)15-7-4-5-17-8(7)11(12,13)6-18-20-14/h7-8H,4-6H2,1-3H3,(H,15,16)/t7-,8?/m1/s1. The van der Waals surface area contributed by atoms with E-state index in [4.69, 9.17) is 9.47 Å². The molecule has 1 aliphatic heterocycles. The highest BCUT2D eigenvalue weighted by Gasteiger charge is 2.49. The van der Waals surface area contributed by atoms with Crippen molar-refractivity contribution in [2.45, 2.75) is 50.9 Å². The van der Waals surface area contributed by atoms with Crippen molar-refractivity contribution >= 4 is 36.5 Å². The number of halogens is 3. The average Bonchev–Trinajstić information content (AvgIpc) is 2.72. The number of carbonyl (C=O) groups is 1. The quantitative estimate of drug-likeness (QED) is 0.541. The van der Waals surface area contributed by atoms with Crippen molar-refractivity contribution < 1.29 is 27.2 Å². The molecule has 1 saturated heterocycles. The Morgan fingerprint density at radius 3 is 2.70 bits per heavy atom. The van der Waals surface area contributed by atoms with E-state index in [1.165, 1.54) is 0 Å². The van der Waals surface area contributed by atoms with Crippen LogP contribution in [0.1, 0.15) is 27.2 Å². The minimum atomic E-state index is -3.17.